The second-order valence-electron chi connectivity index (χ2n) is 5.67. The van der Waals surface area contributed by atoms with E-state index in [2.05, 4.69) is 6.92 Å². The minimum Gasteiger partial charge on any atom is -0.496 e. The monoisotopic (exact) mass is 276 g/mol. The molecule has 0 aromatic heterocycles. The van der Waals surface area contributed by atoms with Crippen LogP contribution >= 0.6 is 0 Å². The summed E-state index contributed by atoms with van der Waals surface area (Å²) in [5.74, 6) is 1.04. The van der Waals surface area contributed by atoms with Crippen LogP contribution in [0.25, 0.3) is 0 Å². The lowest BCUT2D eigenvalue weighted by atomic mass is 9.85. The van der Waals surface area contributed by atoms with E-state index >= 15 is 0 Å². The molecule has 0 spiro atoms. The van der Waals surface area contributed by atoms with Crippen molar-refractivity contribution in [3.63, 3.8) is 0 Å². The molecule has 1 aliphatic carbocycles. The van der Waals surface area contributed by atoms with Crippen LogP contribution < -0.4 is 10.5 Å². The number of carbonyl (C=O) groups is 1. The van der Waals surface area contributed by atoms with E-state index in [1.165, 1.54) is 19.3 Å². The van der Waals surface area contributed by atoms with Crippen molar-refractivity contribution in [2.24, 2.45) is 5.92 Å². The van der Waals surface area contributed by atoms with Crippen molar-refractivity contribution < 1.29 is 9.53 Å². The normalized spacial score (nSPS) is 22.4. The smallest absolute Gasteiger partial charge is 0.259 e. The third kappa shape index (κ3) is 2.74. The molecule has 2 rings (SSSR count). The lowest BCUT2D eigenvalue weighted by Gasteiger charge is -2.36. The number of benzene rings is 1. The summed E-state index contributed by atoms with van der Waals surface area (Å²) in [5, 5.41) is 0. The van der Waals surface area contributed by atoms with Crippen molar-refractivity contribution in [2.75, 3.05) is 19.9 Å². The molecule has 4 nitrogen and oxygen atoms in total. The number of methoxy groups -OCH3 is 1. The van der Waals surface area contributed by atoms with Gasteiger partial charge in [0.2, 0.25) is 0 Å². The second-order valence-corrected chi connectivity index (χ2v) is 5.67. The van der Waals surface area contributed by atoms with E-state index in [4.69, 9.17) is 10.5 Å². The van der Waals surface area contributed by atoms with Crippen LogP contribution in [-0.2, 0) is 0 Å². The average molecular weight is 276 g/mol. The van der Waals surface area contributed by atoms with Crippen LogP contribution in [0.1, 0.15) is 43.0 Å². The third-order valence-corrected chi connectivity index (χ3v) is 4.38. The minimum atomic E-state index is -0.0429. The highest BCUT2D eigenvalue weighted by molar-refractivity contribution is 6.01. The zero-order valence-electron chi connectivity index (χ0n) is 12.6. The zero-order chi connectivity index (χ0) is 14.7. The van der Waals surface area contributed by atoms with Crippen molar-refractivity contribution in [3.05, 3.63) is 23.8 Å². The van der Waals surface area contributed by atoms with E-state index in [-0.39, 0.29) is 5.91 Å². The molecule has 1 saturated carbocycles. The Morgan fingerprint density at radius 1 is 1.35 bits per heavy atom. The molecule has 0 radical (unpaired) electrons. The van der Waals surface area contributed by atoms with E-state index in [9.17, 15) is 4.79 Å². The van der Waals surface area contributed by atoms with Gasteiger partial charge in [0.25, 0.3) is 5.91 Å². The van der Waals surface area contributed by atoms with Gasteiger partial charge in [0.15, 0.2) is 0 Å². The van der Waals surface area contributed by atoms with Crippen LogP contribution in [0, 0.1) is 5.92 Å². The van der Waals surface area contributed by atoms with Gasteiger partial charge in [-0.2, -0.15) is 0 Å². The molecule has 2 unspecified atom stereocenters. The number of carbonyl (C=O) groups excluding carboxylic acids is 1. The van der Waals surface area contributed by atoms with E-state index in [1.807, 2.05) is 11.9 Å². The van der Waals surface area contributed by atoms with Crippen LogP contribution in [0.2, 0.25) is 0 Å². The largest absolute Gasteiger partial charge is 0.496 e. The molecule has 2 N–H and O–H groups in total. The molecule has 1 aliphatic rings. The number of nitrogens with two attached hydrogens (primary N) is 1. The van der Waals surface area contributed by atoms with Crippen molar-refractivity contribution in [1.82, 2.24) is 4.90 Å². The first-order valence-corrected chi connectivity index (χ1v) is 7.26. The number of ether oxygens (including phenoxy) is 1. The standard InChI is InChI=1S/C16H24N2O2/c1-11-7-4-5-9-13(11)18(2)16(19)15-12(17)8-6-10-14(15)20-3/h6,8,10-11,13H,4-5,7,9,17H2,1-3H3. The number of nitrogen functional groups attached to an aromatic ring is 1. The highest BCUT2D eigenvalue weighted by Gasteiger charge is 2.30. The molecule has 1 aromatic rings. The highest BCUT2D eigenvalue weighted by Crippen LogP contribution is 2.31. The highest BCUT2D eigenvalue weighted by atomic mass is 16.5. The summed E-state index contributed by atoms with van der Waals surface area (Å²) in [6.07, 6.45) is 4.70. The fourth-order valence-electron chi connectivity index (χ4n) is 3.15. The van der Waals surface area contributed by atoms with E-state index in [0.717, 1.165) is 6.42 Å². The Kier molecular flexibility index (Phi) is 4.53. The number of rotatable bonds is 3. The summed E-state index contributed by atoms with van der Waals surface area (Å²) in [5.41, 5.74) is 6.93. The van der Waals surface area contributed by atoms with Crippen molar-refractivity contribution in [1.29, 1.82) is 0 Å². The predicted molar refractivity (Wildman–Crippen MR) is 80.9 cm³/mol. The molecule has 110 valence electrons. The molecule has 1 fully saturated rings. The molecule has 0 saturated heterocycles. The van der Waals surface area contributed by atoms with Gasteiger partial charge in [0.1, 0.15) is 11.3 Å². The van der Waals surface area contributed by atoms with Crippen molar-refractivity contribution >= 4 is 11.6 Å². The van der Waals surface area contributed by atoms with Crippen LogP contribution in [-0.4, -0.2) is 31.0 Å². The van der Waals surface area contributed by atoms with Gasteiger partial charge in [-0.1, -0.05) is 25.8 Å². The van der Waals surface area contributed by atoms with Crippen LogP contribution in [0.15, 0.2) is 18.2 Å². The lowest BCUT2D eigenvalue weighted by molar-refractivity contribution is 0.0627. The molecular formula is C16H24N2O2. The van der Waals surface area contributed by atoms with E-state index in [0.29, 0.717) is 29.0 Å². The molecule has 20 heavy (non-hydrogen) atoms. The third-order valence-electron chi connectivity index (χ3n) is 4.38. The fraction of sp³-hybridized carbons (Fsp3) is 0.562. The molecule has 1 aromatic carbocycles. The minimum absolute atomic E-state index is 0.0429. The van der Waals surface area contributed by atoms with E-state index < -0.39 is 0 Å². The number of amides is 1. The average Bonchev–Trinajstić information content (AvgIpc) is 2.46. The molecule has 0 bridgehead atoms. The van der Waals surface area contributed by atoms with E-state index in [1.54, 1.807) is 25.3 Å². The maximum atomic E-state index is 12.8. The van der Waals surface area contributed by atoms with Gasteiger partial charge in [-0.25, -0.2) is 0 Å². The van der Waals surface area contributed by atoms with Gasteiger partial charge in [-0.15, -0.1) is 0 Å². The molecule has 2 atom stereocenters. The molecule has 0 aliphatic heterocycles. The molecule has 0 heterocycles. The van der Waals surface area contributed by atoms with Crippen LogP contribution in [0.5, 0.6) is 5.75 Å². The quantitative estimate of drug-likeness (QED) is 0.864. The Morgan fingerprint density at radius 2 is 2.05 bits per heavy atom. The number of nitrogens with zero attached hydrogens (tertiary/aromatic N) is 1. The van der Waals surface area contributed by atoms with Gasteiger partial charge < -0.3 is 15.4 Å². The maximum absolute atomic E-state index is 12.8. The number of hydrogen-bond acceptors (Lipinski definition) is 3. The Morgan fingerprint density at radius 3 is 2.70 bits per heavy atom. The van der Waals surface area contributed by atoms with Crippen LogP contribution in [0.4, 0.5) is 5.69 Å². The molecule has 4 heteroatoms. The van der Waals surface area contributed by atoms with Gasteiger partial charge in [-0.05, 0) is 30.9 Å². The van der Waals surface area contributed by atoms with Gasteiger partial charge >= 0.3 is 0 Å². The predicted octanol–water partition coefficient (Wildman–Crippen LogP) is 2.93. The Bertz CT molecular complexity index is 487. The number of anilines is 1. The first kappa shape index (κ1) is 14.7. The summed E-state index contributed by atoms with van der Waals surface area (Å²) < 4.78 is 5.28. The Labute approximate surface area is 120 Å². The summed E-state index contributed by atoms with van der Waals surface area (Å²) in [7, 11) is 3.44. The first-order valence-electron chi connectivity index (χ1n) is 7.26. The molecular weight excluding hydrogens is 252 g/mol. The maximum Gasteiger partial charge on any atom is 0.259 e. The summed E-state index contributed by atoms with van der Waals surface area (Å²) in [4.78, 5) is 14.6. The SMILES string of the molecule is COc1cccc(N)c1C(=O)N(C)C1CCCCC1C. The van der Waals surface area contributed by atoms with Gasteiger partial charge in [-0.3, -0.25) is 4.79 Å². The Hall–Kier alpha value is -1.71. The Balaban J connectivity index is 2.26. The second kappa shape index (κ2) is 6.16. The zero-order valence-corrected chi connectivity index (χ0v) is 12.6. The lowest BCUT2D eigenvalue weighted by Crippen LogP contribution is -2.42. The van der Waals surface area contributed by atoms with Gasteiger partial charge in [0, 0.05) is 18.8 Å². The molecule has 1 amide bonds. The van der Waals surface area contributed by atoms with Crippen LogP contribution in [0.3, 0.4) is 0 Å². The first-order chi connectivity index (χ1) is 9.56. The number of hydrogen-bond donors (Lipinski definition) is 1. The van der Waals surface area contributed by atoms with Crippen molar-refractivity contribution in [2.45, 2.75) is 38.6 Å². The topological polar surface area (TPSA) is 55.6 Å². The summed E-state index contributed by atoms with van der Waals surface area (Å²) in [6, 6.07) is 5.62. The summed E-state index contributed by atoms with van der Waals surface area (Å²) >= 11 is 0. The fourth-order valence-corrected chi connectivity index (χ4v) is 3.15. The summed E-state index contributed by atoms with van der Waals surface area (Å²) in [6.45, 7) is 2.22. The van der Waals surface area contributed by atoms with Crippen molar-refractivity contribution in [3.8, 4) is 5.75 Å². The van der Waals surface area contributed by atoms with Gasteiger partial charge in [0.05, 0.1) is 7.11 Å².